The highest BCUT2D eigenvalue weighted by Gasteiger charge is 2.27. The second-order valence-electron chi connectivity index (χ2n) is 8.85. The van der Waals surface area contributed by atoms with Crippen LogP contribution >= 0.6 is 0 Å². The fraction of sp³-hybridized carbons (Fsp3) is 0.458. The average molecular weight is 446 g/mol. The molecule has 1 amide bonds. The van der Waals surface area contributed by atoms with Gasteiger partial charge in [0, 0.05) is 38.0 Å². The number of halogens is 2. The summed E-state index contributed by atoms with van der Waals surface area (Å²) in [7, 11) is 1.59. The number of benzene rings is 1. The average Bonchev–Trinajstić information content (AvgIpc) is 2.72. The second-order valence-corrected chi connectivity index (χ2v) is 8.85. The van der Waals surface area contributed by atoms with Gasteiger partial charge in [-0.2, -0.15) is 0 Å². The van der Waals surface area contributed by atoms with E-state index in [4.69, 9.17) is 9.47 Å². The molecular formula is C24H29F2N3O3. The van der Waals surface area contributed by atoms with Gasteiger partial charge >= 0.3 is 6.09 Å². The summed E-state index contributed by atoms with van der Waals surface area (Å²) in [6, 6.07) is 5.65. The van der Waals surface area contributed by atoms with Gasteiger partial charge in [-0.1, -0.05) is 6.07 Å². The van der Waals surface area contributed by atoms with E-state index in [1.54, 1.807) is 18.0 Å². The van der Waals surface area contributed by atoms with Crippen molar-refractivity contribution >= 4 is 12.3 Å². The molecule has 3 rings (SSSR count). The van der Waals surface area contributed by atoms with E-state index in [-0.39, 0.29) is 29.0 Å². The molecular weight excluding hydrogens is 416 g/mol. The maximum absolute atomic E-state index is 14.6. The van der Waals surface area contributed by atoms with Crippen molar-refractivity contribution in [3.05, 3.63) is 47.7 Å². The van der Waals surface area contributed by atoms with Crippen molar-refractivity contribution in [2.45, 2.75) is 39.2 Å². The number of carbonyl (C=O) groups is 1. The van der Waals surface area contributed by atoms with Crippen LogP contribution in [0.15, 0.2) is 35.5 Å². The molecule has 2 aromatic rings. The molecule has 0 aliphatic carbocycles. The van der Waals surface area contributed by atoms with E-state index in [0.29, 0.717) is 25.3 Å². The second kappa shape index (κ2) is 10.1. The van der Waals surface area contributed by atoms with Crippen LogP contribution in [0.2, 0.25) is 0 Å². The van der Waals surface area contributed by atoms with Crippen LogP contribution in [0.1, 0.15) is 39.2 Å². The fourth-order valence-electron chi connectivity index (χ4n) is 3.47. The lowest BCUT2D eigenvalue weighted by Gasteiger charge is -2.33. The zero-order valence-electron chi connectivity index (χ0n) is 18.9. The Labute approximate surface area is 187 Å². The smallest absolute Gasteiger partial charge is 0.410 e. The van der Waals surface area contributed by atoms with E-state index >= 15 is 0 Å². The van der Waals surface area contributed by atoms with E-state index in [1.807, 2.05) is 20.8 Å². The van der Waals surface area contributed by atoms with E-state index in [0.717, 1.165) is 12.8 Å². The fourth-order valence-corrected chi connectivity index (χ4v) is 3.47. The number of aliphatic imine (C=N–C) groups is 1. The highest BCUT2D eigenvalue weighted by Crippen LogP contribution is 2.27. The number of likely N-dealkylation sites (tertiary alicyclic amines) is 1. The topological polar surface area (TPSA) is 64.0 Å². The minimum absolute atomic E-state index is 0.0690. The molecule has 0 unspecified atom stereocenters. The summed E-state index contributed by atoms with van der Waals surface area (Å²) >= 11 is 0. The van der Waals surface area contributed by atoms with Crippen LogP contribution in [0, 0.1) is 17.6 Å². The maximum atomic E-state index is 14.6. The Balaban J connectivity index is 1.55. The number of hydrogen-bond donors (Lipinski definition) is 0. The van der Waals surface area contributed by atoms with Gasteiger partial charge in [0.2, 0.25) is 0 Å². The lowest BCUT2D eigenvalue weighted by Crippen LogP contribution is -2.42. The Morgan fingerprint density at radius 3 is 2.53 bits per heavy atom. The third-order valence-electron chi connectivity index (χ3n) is 5.09. The number of aromatic nitrogens is 1. The molecule has 0 spiro atoms. The molecule has 1 aliphatic rings. The summed E-state index contributed by atoms with van der Waals surface area (Å²) < 4.78 is 40.1. The number of hydrogen-bond acceptors (Lipinski definition) is 5. The van der Waals surface area contributed by atoms with Crippen LogP contribution in [0.5, 0.6) is 5.75 Å². The Morgan fingerprint density at radius 2 is 1.94 bits per heavy atom. The maximum Gasteiger partial charge on any atom is 0.410 e. The summed E-state index contributed by atoms with van der Waals surface area (Å²) in [6.07, 6.45) is 4.15. The first-order valence-electron chi connectivity index (χ1n) is 10.6. The molecule has 0 radical (unpaired) electrons. The van der Waals surface area contributed by atoms with E-state index in [2.05, 4.69) is 9.98 Å². The molecule has 6 nitrogen and oxygen atoms in total. The summed E-state index contributed by atoms with van der Waals surface area (Å²) in [5.41, 5.74) is 0.0822. The van der Waals surface area contributed by atoms with Crippen molar-refractivity contribution in [1.82, 2.24) is 9.88 Å². The van der Waals surface area contributed by atoms with Crippen molar-refractivity contribution in [2.75, 3.05) is 26.7 Å². The molecule has 1 saturated heterocycles. The molecule has 1 aliphatic heterocycles. The first kappa shape index (κ1) is 23.6. The standard InChI is InChI=1S/C24H29F2N3O3/c1-24(2,3)32-23(30)29-9-7-16(8-10-29)15-31-18-12-21(26)22(28-14-18)19-6-5-17(13-27-4)11-20(19)25/h5-6,11-14,16H,7-10,15H2,1-4H3. The quantitative estimate of drug-likeness (QED) is 0.601. The minimum atomic E-state index is -0.655. The number of rotatable bonds is 5. The summed E-state index contributed by atoms with van der Waals surface area (Å²) in [4.78, 5) is 21.8. The van der Waals surface area contributed by atoms with Gasteiger partial charge < -0.3 is 14.4 Å². The van der Waals surface area contributed by atoms with Gasteiger partial charge in [-0.15, -0.1) is 0 Å². The lowest BCUT2D eigenvalue weighted by molar-refractivity contribution is 0.0165. The van der Waals surface area contributed by atoms with Crippen LogP contribution in [0.4, 0.5) is 13.6 Å². The van der Waals surface area contributed by atoms with Crippen molar-refractivity contribution in [1.29, 1.82) is 0 Å². The molecule has 1 aromatic carbocycles. The number of carbonyl (C=O) groups excluding carboxylic acids is 1. The number of amides is 1. The van der Waals surface area contributed by atoms with Crippen molar-refractivity contribution in [3.63, 3.8) is 0 Å². The molecule has 1 fully saturated rings. The number of pyridine rings is 1. The van der Waals surface area contributed by atoms with Crippen molar-refractivity contribution in [3.8, 4) is 17.0 Å². The monoisotopic (exact) mass is 445 g/mol. The van der Waals surface area contributed by atoms with E-state index in [1.165, 1.54) is 30.6 Å². The van der Waals surface area contributed by atoms with Crippen LogP contribution in [0.25, 0.3) is 11.3 Å². The molecule has 0 N–H and O–H groups in total. The van der Waals surface area contributed by atoms with Crippen LogP contribution in [-0.2, 0) is 4.74 Å². The first-order valence-corrected chi connectivity index (χ1v) is 10.6. The normalized spacial score (nSPS) is 15.2. The van der Waals surface area contributed by atoms with Gasteiger partial charge in [0.15, 0.2) is 5.82 Å². The largest absolute Gasteiger partial charge is 0.492 e. The van der Waals surface area contributed by atoms with Gasteiger partial charge in [-0.25, -0.2) is 18.6 Å². The van der Waals surface area contributed by atoms with Gasteiger partial charge in [0.05, 0.1) is 12.8 Å². The third kappa shape index (κ3) is 6.24. The van der Waals surface area contributed by atoms with Crippen LogP contribution in [0.3, 0.4) is 0 Å². The van der Waals surface area contributed by atoms with Gasteiger partial charge in [-0.3, -0.25) is 4.99 Å². The Kier molecular flexibility index (Phi) is 7.43. The zero-order valence-corrected chi connectivity index (χ0v) is 18.9. The molecule has 8 heteroatoms. The molecule has 172 valence electrons. The van der Waals surface area contributed by atoms with Gasteiger partial charge in [-0.05, 0) is 57.2 Å². The highest BCUT2D eigenvalue weighted by atomic mass is 19.1. The Hall–Kier alpha value is -3.03. The molecule has 0 atom stereocenters. The summed E-state index contributed by atoms with van der Waals surface area (Å²) in [6.45, 7) is 7.10. The SMILES string of the molecule is CN=Cc1ccc(-c2ncc(OCC3CCN(C(=O)OC(C)(C)C)CC3)cc2F)c(F)c1. The third-order valence-corrected chi connectivity index (χ3v) is 5.09. The van der Waals surface area contributed by atoms with Gasteiger partial charge in [0.1, 0.15) is 22.9 Å². The van der Waals surface area contributed by atoms with Gasteiger partial charge in [0.25, 0.3) is 0 Å². The number of piperidine rings is 1. The Bertz CT molecular complexity index is 981. The molecule has 0 bridgehead atoms. The van der Waals surface area contributed by atoms with Crippen LogP contribution < -0.4 is 4.74 Å². The van der Waals surface area contributed by atoms with E-state index in [9.17, 15) is 13.6 Å². The molecule has 1 aromatic heterocycles. The number of ether oxygens (including phenoxy) is 2. The van der Waals surface area contributed by atoms with Crippen molar-refractivity contribution in [2.24, 2.45) is 10.9 Å². The minimum Gasteiger partial charge on any atom is -0.492 e. The van der Waals surface area contributed by atoms with Crippen LogP contribution in [-0.4, -0.2) is 54.5 Å². The molecule has 32 heavy (non-hydrogen) atoms. The zero-order chi connectivity index (χ0) is 23.3. The molecule has 0 saturated carbocycles. The predicted octanol–water partition coefficient (Wildman–Crippen LogP) is 5.10. The van der Waals surface area contributed by atoms with Crippen molar-refractivity contribution < 1.29 is 23.0 Å². The highest BCUT2D eigenvalue weighted by molar-refractivity contribution is 5.80. The Morgan fingerprint density at radius 1 is 1.22 bits per heavy atom. The molecule has 2 heterocycles. The summed E-state index contributed by atoms with van der Waals surface area (Å²) in [5, 5.41) is 0. The summed E-state index contributed by atoms with van der Waals surface area (Å²) in [5.74, 6) is -0.699. The predicted molar refractivity (Wildman–Crippen MR) is 119 cm³/mol. The van der Waals surface area contributed by atoms with E-state index < -0.39 is 17.2 Å². The first-order chi connectivity index (χ1) is 15.2. The lowest BCUT2D eigenvalue weighted by atomic mass is 9.98. The number of nitrogens with zero attached hydrogens (tertiary/aromatic N) is 3.